The number of ether oxygens (including phenoxy) is 5. The fourth-order valence-electron chi connectivity index (χ4n) is 3.61. The molecule has 35 heavy (non-hydrogen) atoms. The van der Waals surface area contributed by atoms with Gasteiger partial charge in [-0.2, -0.15) is 0 Å². The molecule has 0 saturated heterocycles. The van der Waals surface area contributed by atoms with Crippen molar-refractivity contribution in [3.63, 3.8) is 0 Å². The lowest BCUT2D eigenvalue weighted by Gasteiger charge is -2.07. The third kappa shape index (κ3) is 34.9. The van der Waals surface area contributed by atoms with Crippen molar-refractivity contribution in [2.75, 3.05) is 66.6 Å². The zero-order chi connectivity index (χ0) is 25.7. The van der Waals surface area contributed by atoms with Gasteiger partial charge in [0, 0.05) is 53.4 Å². The number of methoxy groups -OCH3 is 1. The van der Waals surface area contributed by atoms with E-state index < -0.39 is 6.00 Å². The lowest BCUT2D eigenvalue weighted by atomic mass is 10.1. The minimum atomic E-state index is -2.39. The maximum Gasteiger partial charge on any atom is 0.341 e. The van der Waals surface area contributed by atoms with Crippen LogP contribution >= 0.6 is 33.2 Å². The van der Waals surface area contributed by atoms with E-state index in [9.17, 15) is 0 Å². The van der Waals surface area contributed by atoms with Crippen molar-refractivity contribution < 1.29 is 23.7 Å². The highest BCUT2D eigenvalue weighted by Gasteiger charge is 2.23. The van der Waals surface area contributed by atoms with Gasteiger partial charge in [-0.3, -0.25) is 0 Å². The largest absolute Gasteiger partial charge is 0.382 e. The molecule has 0 heterocycles. The molecule has 0 fully saturated rings. The molecular weight excluding hydrogens is 527 g/mol. The molecular formula is C26H53Cl3O5Si. The van der Waals surface area contributed by atoms with Crippen molar-refractivity contribution in [3.8, 4) is 0 Å². The molecule has 0 aliphatic heterocycles. The van der Waals surface area contributed by atoms with E-state index in [1.807, 2.05) is 0 Å². The van der Waals surface area contributed by atoms with E-state index in [1.165, 1.54) is 64.2 Å². The molecule has 0 unspecified atom stereocenters. The summed E-state index contributed by atoms with van der Waals surface area (Å²) in [6.45, 7) is 7.04. The standard InChI is InChI=1S/C26H53Cl3O5Si/c1-30-24-25-34-23-16-22-33-19-13-9-8-12-18-32-21-15-20-31-17-11-7-5-3-2-4-6-10-14-26-35(27,28)29/h2-26H2,1H3. The van der Waals surface area contributed by atoms with Crippen LogP contribution in [0.1, 0.15) is 96.3 Å². The van der Waals surface area contributed by atoms with Gasteiger partial charge in [0.05, 0.1) is 13.2 Å². The van der Waals surface area contributed by atoms with Crippen molar-refractivity contribution in [2.45, 2.75) is 102 Å². The second-order valence-electron chi connectivity index (χ2n) is 9.11. The van der Waals surface area contributed by atoms with Gasteiger partial charge in [0.1, 0.15) is 0 Å². The van der Waals surface area contributed by atoms with Gasteiger partial charge in [-0.25, -0.2) is 0 Å². The van der Waals surface area contributed by atoms with Crippen molar-refractivity contribution in [1.29, 1.82) is 0 Å². The number of hydrogen-bond acceptors (Lipinski definition) is 5. The average molecular weight is 580 g/mol. The Labute approximate surface area is 231 Å². The zero-order valence-corrected chi connectivity index (χ0v) is 25.6. The summed E-state index contributed by atoms with van der Waals surface area (Å²) in [6.07, 6.45) is 17.8. The molecule has 0 saturated carbocycles. The molecule has 0 bridgehead atoms. The summed E-state index contributed by atoms with van der Waals surface area (Å²) in [5.74, 6) is 0. The minimum Gasteiger partial charge on any atom is -0.382 e. The van der Waals surface area contributed by atoms with Gasteiger partial charge in [-0.1, -0.05) is 64.2 Å². The van der Waals surface area contributed by atoms with Gasteiger partial charge in [0.2, 0.25) is 0 Å². The maximum absolute atomic E-state index is 5.89. The van der Waals surface area contributed by atoms with Gasteiger partial charge in [0.25, 0.3) is 0 Å². The summed E-state index contributed by atoms with van der Waals surface area (Å²) in [7, 11) is 1.68. The average Bonchev–Trinajstić information content (AvgIpc) is 2.82. The van der Waals surface area contributed by atoms with E-state index in [4.69, 9.17) is 56.9 Å². The van der Waals surface area contributed by atoms with Crippen LogP contribution in [-0.2, 0) is 23.7 Å². The zero-order valence-electron chi connectivity index (χ0n) is 22.4. The smallest absolute Gasteiger partial charge is 0.341 e. The van der Waals surface area contributed by atoms with Crippen molar-refractivity contribution in [1.82, 2.24) is 0 Å². The van der Waals surface area contributed by atoms with Crippen LogP contribution in [0.4, 0.5) is 0 Å². The third-order valence-electron chi connectivity index (χ3n) is 5.66. The maximum atomic E-state index is 5.89. The Morgan fingerprint density at radius 2 is 0.686 bits per heavy atom. The number of unbranched alkanes of at least 4 members (excludes halogenated alkanes) is 11. The number of hydrogen-bond donors (Lipinski definition) is 0. The molecule has 0 aromatic carbocycles. The summed E-state index contributed by atoms with van der Waals surface area (Å²) in [6, 6.07) is -1.59. The Hall–Kier alpha value is 0.887. The first-order chi connectivity index (χ1) is 17.1. The molecule has 9 heteroatoms. The molecule has 0 radical (unpaired) electrons. The van der Waals surface area contributed by atoms with Crippen LogP contribution in [0.2, 0.25) is 6.04 Å². The van der Waals surface area contributed by atoms with Crippen LogP contribution in [0.5, 0.6) is 0 Å². The monoisotopic (exact) mass is 578 g/mol. The highest BCUT2D eigenvalue weighted by atomic mass is 35.8. The molecule has 0 aliphatic carbocycles. The number of rotatable bonds is 30. The van der Waals surface area contributed by atoms with Gasteiger partial charge in [-0.05, 0) is 38.1 Å². The van der Waals surface area contributed by atoms with E-state index in [-0.39, 0.29) is 0 Å². The molecule has 0 aromatic rings. The Balaban J connectivity index is 3.03. The van der Waals surface area contributed by atoms with E-state index in [1.54, 1.807) is 7.11 Å². The van der Waals surface area contributed by atoms with Crippen LogP contribution in [0.3, 0.4) is 0 Å². The Bertz CT molecular complexity index is 404. The van der Waals surface area contributed by atoms with Crippen molar-refractivity contribution in [3.05, 3.63) is 0 Å². The van der Waals surface area contributed by atoms with E-state index in [0.29, 0.717) is 13.2 Å². The molecule has 5 nitrogen and oxygen atoms in total. The molecule has 0 spiro atoms. The van der Waals surface area contributed by atoms with Crippen LogP contribution < -0.4 is 0 Å². The van der Waals surface area contributed by atoms with Crippen LogP contribution in [-0.4, -0.2) is 72.6 Å². The van der Waals surface area contributed by atoms with E-state index in [0.717, 1.165) is 84.4 Å². The van der Waals surface area contributed by atoms with Crippen LogP contribution in [0, 0.1) is 0 Å². The van der Waals surface area contributed by atoms with Crippen LogP contribution in [0.15, 0.2) is 0 Å². The summed E-state index contributed by atoms with van der Waals surface area (Å²) >= 11 is 17.7. The highest BCUT2D eigenvalue weighted by Crippen LogP contribution is 2.27. The fraction of sp³-hybridized carbons (Fsp3) is 1.00. The fourth-order valence-corrected chi connectivity index (χ4v) is 5.46. The van der Waals surface area contributed by atoms with Gasteiger partial charge in [-0.15, -0.1) is 33.2 Å². The van der Waals surface area contributed by atoms with Gasteiger partial charge >= 0.3 is 6.00 Å². The van der Waals surface area contributed by atoms with Crippen molar-refractivity contribution >= 4 is 39.2 Å². The first-order valence-electron chi connectivity index (χ1n) is 13.9. The lowest BCUT2D eigenvalue weighted by Crippen LogP contribution is -2.07. The van der Waals surface area contributed by atoms with Crippen LogP contribution in [0.25, 0.3) is 0 Å². The summed E-state index contributed by atoms with van der Waals surface area (Å²) < 4.78 is 27.4. The first-order valence-corrected chi connectivity index (χ1v) is 19.2. The molecule has 0 aromatic heterocycles. The Morgan fingerprint density at radius 1 is 0.371 bits per heavy atom. The molecule has 212 valence electrons. The first kappa shape index (κ1) is 35.9. The topological polar surface area (TPSA) is 46.2 Å². The summed E-state index contributed by atoms with van der Waals surface area (Å²) in [5.41, 5.74) is 0. The third-order valence-corrected chi connectivity index (χ3v) is 8.28. The quantitative estimate of drug-likeness (QED) is 0.0487. The van der Waals surface area contributed by atoms with Gasteiger partial charge < -0.3 is 23.7 Å². The molecule has 0 rings (SSSR count). The Kier molecular flexibility index (Phi) is 30.2. The summed E-state index contributed by atoms with van der Waals surface area (Å²) in [5, 5.41) is 0. The van der Waals surface area contributed by atoms with Gasteiger partial charge in [0.15, 0.2) is 0 Å². The molecule has 0 aliphatic rings. The Morgan fingerprint density at radius 3 is 1.06 bits per heavy atom. The second kappa shape index (κ2) is 29.4. The van der Waals surface area contributed by atoms with Crippen molar-refractivity contribution in [2.24, 2.45) is 0 Å². The molecule has 0 atom stereocenters. The summed E-state index contributed by atoms with van der Waals surface area (Å²) in [4.78, 5) is 0. The number of halogens is 3. The normalized spacial score (nSPS) is 12.0. The van der Waals surface area contributed by atoms with E-state index >= 15 is 0 Å². The molecule has 0 amide bonds. The molecule has 0 N–H and O–H groups in total. The van der Waals surface area contributed by atoms with E-state index in [2.05, 4.69) is 0 Å². The predicted molar refractivity (Wildman–Crippen MR) is 153 cm³/mol. The lowest BCUT2D eigenvalue weighted by molar-refractivity contribution is 0.0506. The second-order valence-corrected chi connectivity index (χ2v) is 18.4. The minimum absolute atomic E-state index is 0.658. The SMILES string of the molecule is COCCOCCCOCCCCCCOCCCOCCCCCCCCCCC[Si](Cl)(Cl)Cl. The highest BCUT2D eigenvalue weighted by molar-refractivity contribution is 7.64. The predicted octanol–water partition coefficient (Wildman–Crippen LogP) is 8.21.